The first-order chi connectivity index (χ1) is 9.47. The molecule has 7 nitrogen and oxygen atoms in total. The van der Waals surface area contributed by atoms with Crippen molar-refractivity contribution in [3.8, 4) is 0 Å². The SMILES string of the molecule is CC(C)c1cccc(Nc2ncc([N+](=O)[O-])c(N)n2)c1. The molecule has 2 rings (SSSR count). The molecule has 0 saturated heterocycles. The quantitative estimate of drug-likeness (QED) is 0.655. The molecule has 0 saturated carbocycles. The summed E-state index contributed by atoms with van der Waals surface area (Å²) in [6, 6.07) is 7.80. The molecule has 0 bridgehead atoms. The molecule has 0 fully saturated rings. The third kappa shape index (κ3) is 3.00. The minimum Gasteiger partial charge on any atom is -0.378 e. The number of nitrogen functional groups attached to an aromatic ring is 1. The lowest BCUT2D eigenvalue weighted by molar-refractivity contribution is -0.384. The topological polar surface area (TPSA) is 107 Å². The molecule has 0 amide bonds. The Balaban J connectivity index is 2.24. The molecular formula is C13H15N5O2. The molecule has 0 aliphatic rings. The number of hydrogen-bond donors (Lipinski definition) is 2. The van der Waals surface area contributed by atoms with E-state index in [-0.39, 0.29) is 17.5 Å². The minimum atomic E-state index is -0.613. The van der Waals surface area contributed by atoms with E-state index in [1.165, 1.54) is 5.56 Å². The van der Waals surface area contributed by atoms with Crippen molar-refractivity contribution in [1.29, 1.82) is 0 Å². The first kappa shape index (κ1) is 13.7. The first-order valence-electron chi connectivity index (χ1n) is 6.11. The molecule has 0 radical (unpaired) electrons. The van der Waals surface area contributed by atoms with Gasteiger partial charge < -0.3 is 11.1 Å². The van der Waals surface area contributed by atoms with E-state index in [1.54, 1.807) is 0 Å². The number of nitrogens with two attached hydrogens (primary N) is 1. The van der Waals surface area contributed by atoms with Crippen molar-refractivity contribution in [3.05, 3.63) is 46.1 Å². The van der Waals surface area contributed by atoms with Crippen LogP contribution in [0.3, 0.4) is 0 Å². The van der Waals surface area contributed by atoms with Crippen LogP contribution in [0.5, 0.6) is 0 Å². The van der Waals surface area contributed by atoms with E-state index in [0.717, 1.165) is 11.9 Å². The van der Waals surface area contributed by atoms with Crippen LogP contribution >= 0.6 is 0 Å². The van der Waals surface area contributed by atoms with Gasteiger partial charge in [-0.05, 0) is 23.6 Å². The summed E-state index contributed by atoms with van der Waals surface area (Å²) >= 11 is 0. The summed E-state index contributed by atoms with van der Waals surface area (Å²) in [7, 11) is 0. The minimum absolute atomic E-state index is 0.160. The van der Waals surface area contributed by atoms with Crippen molar-refractivity contribution in [3.63, 3.8) is 0 Å². The van der Waals surface area contributed by atoms with E-state index in [9.17, 15) is 10.1 Å². The number of nitro groups is 1. The van der Waals surface area contributed by atoms with E-state index >= 15 is 0 Å². The monoisotopic (exact) mass is 273 g/mol. The molecule has 7 heteroatoms. The van der Waals surface area contributed by atoms with Crippen molar-refractivity contribution < 1.29 is 4.92 Å². The summed E-state index contributed by atoms with van der Waals surface area (Å²) in [6.45, 7) is 4.19. The van der Waals surface area contributed by atoms with Gasteiger partial charge in [0.1, 0.15) is 6.20 Å². The molecule has 1 aromatic carbocycles. The second kappa shape index (κ2) is 5.52. The Morgan fingerprint density at radius 1 is 1.40 bits per heavy atom. The molecule has 0 aliphatic heterocycles. The molecular weight excluding hydrogens is 258 g/mol. The van der Waals surface area contributed by atoms with Gasteiger partial charge in [-0.2, -0.15) is 4.98 Å². The first-order valence-corrected chi connectivity index (χ1v) is 6.11. The average molecular weight is 273 g/mol. The highest BCUT2D eigenvalue weighted by Crippen LogP contribution is 2.23. The predicted octanol–water partition coefficient (Wildman–Crippen LogP) is 2.83. The lowest BCUT2D eigenvalue weighted by atomic mass is 10.0. The number of benzene rings is 1. The zero-order valence-electron chi connectivity index (χ0n) is 11.2. The summed E-state index contributed by atoms with van der Waals surface area (Å²) in [5, 5.41) is 13.6. The molecule has 3 N–H and O–H groups in total. The van der Waals surface area contributed by atoms with Crippen molar-refractivity contribution in [2.45, 2.75) is 19.8 Å². The molecule has 20 heavy (non-hydrogen) atoms. The second-order valence-electron chi connectivity index (χ2n) is 4.63. The van der Waals surface area contributed by atoms with E-state index in [2.05, 4.69) is 29.1 Å². The number of nitrogens with zero attached hydrogens (tertiary/aromatic N) is 3. The van der Waals surface area contributed by atoms with Crippen LogP contribution in [0.4, 0.5) is 23.1 Å². The van der Waals surface area contributed by atoms with Gasteiger partial charge in [-0.25, -0.2) is 4.98 Å². The van der Waals surface area contributed by atoms with Gasteiger partial charge in [0.25, 0.3) is 0 Å². The maximum absolute atomic E-state index is 10.6. The summed E-state index contributed by atoms with van der Waals surface area (Å²) in [6.07, 6.45) is 1.09. The van der Waals surface area contributed by atoms with Crippen molar-refractivity contribution in [2.75, 3.05) is 11.1 Å². The van der Waals surface area contributed by atoms with Crippen LogP contribution in [-0.2, 0) is 0 Å². The maximum atomic E-state index is 10.6. The number of aromatic nitrogens is 2. The fourth-order valence-corrected chi connectivity index (χ4v) is 1.69. The third-order valence-corrected chi connectivity index (χ3v) is 2.80. The van der Waals surface area contributed by atoms with Gasteiger partial charge in [-0.15, -0.1) is 0 Å². The number of rotatable bonds is 4. The Kier molecular flexibility index (Phi) is 3.79. The van der Waals surface area contributed by atoms with E-state index < -0.39 is 4.92 Å². The predicted molar refractivity (Wildman–Crippen MR) is 76.9 cm³/mol. The Morgan fingerprint density at radius 3 is 2.75 bits per heavy atom. The Hall–Kier alpha value is -2.70. The lowest BCUT2D eigenvalue weighted by Gasteiger charge is -2.09. The van der Waals surface area contributed by atoms with Crippen LogP contribution < -0.4 is 11.1 Å². The van der Waals surface area contributed by atoms with Crippen LogP contribution in [-0.4, -0.2) is 14.9 Å². The summed E-state index contributed by atoms with van der Waals surface area (Å²) in [5.41, 5.74) is 7.20. The second-order valence-corrected chi connectivity index (χ2v) is 4.63. The van der Waals surface area contributed by atoms with Gasteiger partial charge in [0.2, 0.25) is 11.8 Å². The van der Waals surface area contributed by atoms with E-state index in [1.807, 2.05) is 24.3 Å². The number of nitrogens with one attached hydrogen (secondary N) is 1. The maximum Gasteiger partial charge on any atom is 0.329 e. The molecule has 1 aromatic heterocycles. The molecule has 0 atom stereocenters. The van der Waals surface area contributed by atoms with Crippen LogP contribution in [0.1, 0.15) is 25.3 Å². The summed E-state index contributed by atoms with van der Waals surface area (Å²) < 4.78 is 0. The Morgan fingerprint density at radius 2 is 2.15 bits per heavy atom. The molecule has 0 spiro atoms. The molecule has 0 aliphatic carbocycles. The zero-order valence-corrected chi connectivity index (χ0v) is 11.2. The average Bonchev–Trinajstić information content (AvgIpc) is 2.38. The number of hydrogen-bond acceptors (Lipinski definition) is 6. The van der Waals surface area contributed by atoms with E-state index in [0.29, 0.717) is 5.92 Å². The lowest BCUT2D eigenvalue weighted by Crippen LogP contribution is -2.04. The van der Waals surface area contributed by atoms with Gasteiger partial charge >= 0.3 is 5.69 Å². The largest absolute Gasteiger partial charge is 0.378 e. The fraction of sp³-hybridized carbons (Fsp3) is 0.231. The third-order valence-electron chi connectivity index (χ3n) is 2.80. The normalized spacial score (nSPS) is 10.6. The van der Waals surface area contributed by atoms with Gasteiger partial charge in [0.05, 0.1) is 4.92 Å². The van der Waals surface area contributed by atoms with Crippen molar-refractivity contribution in [1.82, 2.24) is 9.97 Å². The smallest absolute Gasteiger partial charge is 0.329 e. The molecule has 2 aromatic rings. The van der Waals surface area contributed by atoms with E-state index in [4.69, 9.17) is 5.73 Å². The van der Waals surface area contributed by atoms with Crippen LogP contribution in [0.15, 0.2) is 30.5 Å². The zero-order chi connectivity index (χ0) is 14.7. The fourth-order valence-electron chi connectivity index (χ4n) is 1.69. The highest BCUT2D eigenvalue weighted by Gasteiger charge is 2.14. The van der Waals surface area contributed by atoms with Gasteiger partial charge in [0, 0.05) is 5.69 Å². The van der Waals surface area contributed by atoms with Crippen LogP contribution in [0.25, 0.3) is 0 Å². The van der Waals surface area contributed by atoms with Crippen LogP contribution in [0.2, 0.25) is 0 Å². The summed E-state index contributed by atoms with van der Waals surface area (Å²) in [4.78, 5) is 17.8. The highest BCUT2D eigenvalue weighted by atomic mass is 16.6. The van der Waals surface area contributed by atoms with Crippen molar-refractivity contribution in [2.24, 2.45) is 0 Å². The standard InChI is InChI=1S/C13H15N5O2/c1-8(2)9-4-3-5-10(6-9)16-13-15-7-11(18(19)20)12(14)17-13/h3-8H,1-2H3,(H3,14,15,16,17). The van der Waals surface area contributed by atoms with Gasteiger partial charge in [0.15, 0.2) is 0 Å². The van der Waals surface area contributed by atoms with Gasteiger partial charge in [-0.3, -0.25) is 10.1 Å². The highest BCUT2D eigenvalue weighted by molar-refractivity contribution is 5.59. The van der Waals surface area contributed by atoms with Crippen molar-refractivity contribution >= 4 is 23.1 Å². The molecule has 1 heterocycles. The Bertz CT molecular complexity index is 642. The Labute approximate surface area is 116 Å². The molecule has 104 valence electrons. The molecule has 0 unspecified atom stereocenters. The van der Waals surface area contributed by atoms with Crippen LogP contribution in [0, 0.1) is 10.1 Å². The number of anilines is 3. The van der Waals surface area contributed by atoms with Gasteiger partial charge in [-0.1, -0.05) is 26.0 Å². The summed E-state index contributed by atoms with van der Waals surface area (Å²) in [5.74, 6) is 0.473.